The standard InChI is InChI=1S/C16H26N2O/c17-8-14(19)18-16(11-1-2-11)15-12-4-9-3-10(6-12)7-13(15)5-9/h9-13,15-16H,1-8,17H2,(H,18,19). The lowest BCUT2D eigenvalue weighted by molar-refractivity contribution is -0.123. The minimum atomic E-state index is 0.0608. The van der Waals surface area contributed by atoms with Gasteiger partial charge in [-0.25, -0.2) is 0 Å². The summed E-state index contributed by atoms with van der Waals surface area (Å²) in [6.07, 6.45) is 9.91. The monoisotopic (exact) mass is 262 g/mol. The number of rotatable bonds is 4. The molecule has 0 radical (unpaired) electrons. The molecular formula is C16H26N2O. The molecule has 0 aliphatic heterocycles. The lowest BCUT2D eigenvalue weighted by Gasteiger charge is -2.56. The van der Waals surface area contributed by atoms with Crippen molar-refractivity contribution in [2.75, 3.05) is 6.54 Å². The number of carbonyl (C=O) groups excluding carboxylic acids is 1. The molecule has 0 aromatic carbocycles. The van der Waals surface area contributed by atoms with E-state index < -0.39 is 0 Å². The summed E-state index contributed by atoms with van der Waals surface area (Å²) in [5, 5.41) is 3.29. The first-order chi connectivity index (χ1) is 9.24. The fraction of sp³-hybridized carbons (Fsp3) is 0.938. The molecule has 5 saturated carbocycles. The maximum atomic E-state index is 11.8. The Morgan fingerprint density at radius 1 is 1.05 bits per heavy atom. The number of amides is 1. The zero-order valence-electron chi connectivity index (χ0n) is 11.7. The van der Waals surface area contributed by atoms with Gasteiger partial charge in [0.1, 0.15) is 0 Å². The Kier molecular flexibility index (Phi) is 2.87. The smallest absolute Gasteiger partial charge is 0.233 e. The van der Waals surface area contributed by atoms with Gasteiger partial charge < -0.3 is 11.1 Å². The van der Waals surface area contributed by atoms with Crippen LogP contribution in [0.1, 0.15) is 44.9 Å². The van der Waals surface area contributed by atoms with Gasteiger partial charge in [-0.2, -0.15) is 0 Å². The molecule has 5 rings (SSSR count). The minimum Gasteiger partial charge on any atom is -0.352 e. The van der Waals surface area contributed by atoms with Crippen molar-refractivity contribution >= 4 is 5.91 Å². The molecule has 0 aromatic rings. The van der Waals surface area contributed by atoms with Crippen LogP contribution in [0.5, 0.6) is 0 Å². The lowest BCUT2D eigenvalue weighted by Crippen LogP contribution is -2.55. The molecule has 3 heteroatoms. The van der Waals surface area contributed by atoms with Gasteiger partial charge in [0, 0.05) is 6.04 Å². The Balaban J connectivity index is 1.54. The summed E-state index contributed by atoms with van der Waals surface area (Å²) in [6.45, 7) is 0.149. The summed E-state index contributed by atoms with van der Waals surface area (Å²) in [5.74, 6) is 5.44. The summed E-state index contributed by atoms with van der Waals surface area (Å²) in [7, 11) is 0. The highest BCUT2D eigenvalue weighted by atomic mass is 16.1. The molecule has 1 unspecified atom stereocenters. The van der Waals surface area contributed by atoms with Crippen LogP contribution in [-0.2, 0) is 4.79 Å². The number of nitrogens with two attached hydrogens (primary N) is 1. The molecule has 1 amide bonds. The Labute approximate surface area is 115 Å². The minimum absolute atomic E-state index is 0.0608. The lowest BCUT2D eigenvalue weighted by atomic mass is 9.50. The van der Waals surface area contributed by atoms with E-state index in [1.807, 2.05) is 0 Å². The molecule has 3 N–H and O–H groups in total. The van der Waals surface area contributed by atoms with Gasteiger partial charge >= 0.3 is 0 Å². The van der Waals surface area contributed by atoms with Crippen LogP contribution >= 0.6 is 0 Å². The molecule has 3 nitrogen and oxygen atoms in total. The summed E-state index contributed by atoms with van der Waals surface area (Å²) >= 11 is 0. The van der Waals surface area contributed by atoms with Crippen LogP contribution in [0.25, 0.3) is 0 Å². The Hall–Kier alpha value is -0.570. The molecule has 4 bridgehead atoms. The van der Waals surface area contributed by atoms with Crippen molar-refractivity contribution in [3.63, 3.8) is 0 Å². The third-order valence-electron chi connectivity index (χ3n) is 6.36. The molecule has 19 heavy (non-hydrogen) atoms. The number of nitrogens with one attached hydrogen (secondary N) is 1. The van der Waals surface area contributed by atoms with Crippen molar-refractivity contribution in [3.8, 4) is 0 Å². The SMILES string of the molecule is NCC(=O)NC(C1CC1)C1C2CC3CC(C2)CC1C3. The van der Waals surface area contributed by atoms with E-state index in [1.54, 1.807) is 0 Å². The normalized spacial score (nSPS) is 45.2. The highest BCUT2D eigenvalue weighted by Gasteiger charge is 2.53. The Bertz CT molecular complexity index is 349. The van der Waals surface area contributed by atoms with Crippen LogP contribution in [-0.4, -0.2) is 18.5 Å². The first kappa shape index (κ1) is 12.2. The molecule has 106 valence electrons. The quantitative estimate of drug-likeness (QED) is 0.813. The van der Waals surface area contributed by atoms with Gasteiger partial charge in [-0.15, -0.1) is 0 Å². The number of hydrogen-bond donors (Lipinski definition) is 2. The third-order valence-corrected chi connectivity index (χ3v) is 6.36. The van der Waals surface area contributed by atoms with Gasteiger partial charge in [-0.1, -0.05) is 0 Å². The third kappa shape index (κ3) is 2.10. The van der Waals surface area contributed by atoms with Gasteiger partial charge in [0.25, 0.3) is 0 Å². The van der Waals surface area contributed by atoms with Crippen LogP contribution in [0.3, 0.4) is 0 Å². The van der Waals surface area contributed by atoms with Crippen LogP contribution in [0.2, 0.25) is 0 Å². The Morgan fingerprint density at radius 3 is 2.11 bits per heavy atom. The van der Waals surface area contributed by atoms with Crippen LogP contribution in [0.15, 0.2) is 0 Å². The van der Waals surface area contributed by atoms with E-state index in [0.717, 1.165) is 35.5 Å². The molecule has 5 aliphatic rings. The highest BCUT2D eigenvalue weighted by molar-refractivity contribution is 5.78. The molecule has 5 aliphatic carbocycles. The molecule has 5 fully saturated rings. The second-order valence-electron chi connectivity index (χ2n) is 7.64. The molecule has 0 saturated heterocycles. The highest BCUT2D eigenvalue weighted by Crippen LogP contribution is 2.59. The average Bonchev–Trinajstić information content (AvgIpc) is 3.20. The van der Waals surface area contributed by atoms with Crippen LogP contribution in [0.4, 0.5) is 0 Å². The van der Waals surface area contributed by atoms with Crippen molar-refractivity contribution in [1.29, 1.82) is 0 Å². The molecule has 0 spiro atoms. The largest absolute Gasteiger partial charge is 0.352 e. The topological polar surface area (TPSA) is 55.1 Å². The van der Waals surface area contributed by atoms with Gasteiger partial charge in [0.15, 0.2) is 0 Å². The van der Waals surface area contributed by atoms with E-state index >= 15 is 0 Å². The van der Waals surface area contributed by atoms with Gasteiger partial charge in [-0.3, -0.25) is 4.79 Å². The van der Waals surface area contributed by atoms with Crippen molar-refractivity contribution in [2.24, 2.45) is 41.2 Å². The first-order valence-electron chi connectivity index (χ1n) is 8.24. The molecular weight excluding hydrogens is 236 g/mol. The summed E-state index contributed by atoms with van der Waals surface area (Å²) < 4.78 is 0. The Morgan fingerprint density at radius 2 is 1.63 bits per heavy atom. The predicted molar refractivity (Wildman–Crippen MR) is 74.2 cm³/mol. The van der Waals surface area contributed by atoms with E-state index in [-0.39, 0.29) is 12.5 Å². The van der Waals surface area contributed by atoms with Gasteiger partial charge in [0.05, 0.1) is 6.54 Å². The first-order valence-corrected chi connectivity index (χ1v) is 8.24. The zero-order valence-corrected chi connectivity index (χ0v) is 11.7. The van der Waals surface area contributed by atoms with E-state index in [0.29, 0.717) is 6.04 Å². The summed E-state index contributed by atoms with van der Waals surface area (Å²) in [4.78, 5) is 11.8. The second kappa shape index (κ2) is 4.47. The van der Waals surface area contributed by atoms with E-state index in [1.165, 1.54) is 44.9 Å². The predicted octanol–water partition coefficient (Wildman–Crippen LogP) is 1.91. The van der Waals surface area contributed by atoms with Crippen molar-refractivity contribution < 1.29 is 4.79 Å². The molecule has 0 heterocycles. The van der Waals surface area contributed by atoms with Crippen molar-refractivity contribution in [1.82, 2.24) is 5.32 Å². The number of hydrogen-bond acceptors (Lipinski definition) is 2. The number of carbonyl (C=O) groups is 1. The van der Waals surface area contributed by atoms with Crippen LogP contribution in [0, 0.1) is 35.5 Å². The van der Waals surface area contributed by atoms with E-state index in [9.17, 15) is 4.79 Å². The maximum absolute atomic E-state index is 11.8. The van der Waals surface area contributed by atoms with Gasteiger partial charge in [-0.05, 0) is 80.5 Å². The van der Waals surface area contributed by atoms with E-state index in [2.05, 4.69) is 5.32 Å². The maximum Gasteiger partial charge on any atom is 0.233 e. The summed E-state index contributed by atoms with van der Waals surface area (Å²) in [6, 6.07) is 0.450. The van der Waals surface area contributed by atoms with Crippen molar-refractivity contribution in [2.45, 2.75) is 51.0 Å². The second-order valence-corrected chi connectivity index (χ2v) is 7.64. The average molecular weight is 262 g/mol. The molecule has 0 aromatic heterocycles. The van der Waals surface area contributed by atoms with Crippen LogP contribution < -0.4 is 11.1 Å². The molecule has 1 atom stereocenters. The zero-order chi connectivity index (χ0) is 13.0. The fourth-order valence-electron chi connectivity index (χ4n) is 5.78. The van der Waals surface area contributed by atoms with E-state index in [4.69, 9.17) is 5.73 Å². The van der Waals surface area contributed by atoms with Gasteiger partial charge in [0.2, 0.25) is 5.91 Å². The van der Waals surface area contributed by atoms with Crippen molar-refractivity contribution in [3.05, 3.63) is 0 Å². The fourth-order valence-corrected chi connectivity index (χ4v) is 5.78. The summed E-state index contributed by atoms with van der Waals surface area (Å²) in [5.41, 5.74) is 5.50.